The zero-order valence-corrected chi connectivity index (χ0v) is 21.4. The van der Waals surface area contributed by atoms with Crippen LogP contribution in [0.2, 0.25) is 0 Å². The lowest BCUT2D eigenvalue weighted by Crippen LogP contribution is -2.33. The van der Waals surface area contributed by atoms with Crippen molar-refractivity contribution in [1.29, 1.82) is 0 Å². The Bertz CT molecular complexity index is 1330. The molecular weight excluding hydrogens is 470 g/mol. The molecule has 0 bridgehead atoms. The molecule has 34 heavy (non-hydrogen) atoms. The monoisotopic (exact) mass is 499 g/mol. The molecule has 1 aromatic heterocycles. The summed E-state index contributed by atoms with van der Waals surface area (Å²) in [5.41, 5.74) is 2.57. The number of hydrogen-bond donors (Lipinski definition) is 1. The van der Waals surface area contributed by atoms with Crippen LogP contribution in [0.1, 0.15) is 25.0 Å². The van der Waals surface area contributed by atoms with Crippen LogP contribution < -0.4 is 10.9 Å². The third-order valence-corrected chi connectivity index (χ3v) is 8.53. The Hall–Kier alpha value is -2.88. The van der Waals surface area contributed by atoms with E-state index in [1.807, 2.05) is 12.1 Å². The summed E-state index contributed by atoms with van der Waals surface area (Å²) >= 11 is 1.65. The lowest BCUT2D eigenvalue weighted by atomic mass is 10.2. The lowest BCUT2D eigenvalue weighted by Gasteiger charge is -2.19. The maximum atomic E-state index is 12.7. The number of hydrogen-bond acceptors (Lipinski definition) is 5. The molecule has 0 unspecified atom stereocenters. The third kappa shape index (κ3) is 6.16. The van der Waals surface area contributed by atoms with Crippen molar-refractivity contribution in [2.45, 2.75) is 48.9 Å². The molecular formula is C25H29N3O4S2. The van der Waals surface area contributed by atoms with Gasteiger partial charge in [0, 0.05) is 40.8 Å². The molecule has 0 fully saturated rings. The number of amides is 1. The van der Waals surface area contributed by atoms with Gasteiger partial charge in [0.2, 0.25) is 15.9 Å². The highest BCUT2D eigenvalue weighted by Gasteiger charge is 2.22. The maximum absolute atomic E-state index is 12.7. The molecule has 1 N–H and O–H groups in total. The summed E-state index contributed by atoms with van der Waals surface area (Å²) in [5.74, 6) is -0.422. The van der Waals surface area contributed by atoms with Gasteiger partial charge in [-0.1, -0.05) is 43.3 Å². The summed E-state index contributed by atoms with van der Waals surface area (Å²) < 4.78 is 27.9. The molecule has 1 amide bonds. The normalized spacial score (nSPS) is 11.6. The second-order valence-corrected chi connectivity index (χ2v) is 10.9. The van der Waals surface area contributed by atoms with Gasteiger partial charge in [0.1, 0.15) is 6.54 Å². The van der Waals surface area contributed by atoms with E-state index >= 15 is 0 Å². The molecule has 9 heteroatoms. The second-order valence-electron chi connectivity index (χ2n) is 7.86. The van der Waals surface area contributed by atoms with Crippen molar-refractivity contribution in [3.63, 3.8) is 0 Å². The van der Waals surface area contributed by atoms with E-state index < -0.39 is 21.5 Å². The van der Waals surface area contributed by atoms with E-state index in [2.05, 4.69) is 37.4 Å². The highest BCUT2D eigenvalue weighted by molar-refractivity contribution is 7.99. The van der Waals surface area contributed by atoms with E-state index in [1.165, 1.54) is 38.7 Å². The van der Waals surface area contributed by atoms with Gasteiger partial charge >= 0.3 is 0 Å². The Morgan fingerprint density at radius 3 is 2.29 bits per heavy atom. The van der Waals surface area contributed by atoms with Crippen molar-refractivity contribution >= 4 is 33.4 Å². The third-order valence-electron chi connectivity index (χ3n) is 5.31. The number of anilines is 1. The topological polar surface area (TPSA) is 88.5 Å². The average molecular weight is 500 g/mol. The van der Waals surface area contributed by atoms with Crippen LogP contribution in [-0.2, 0) is 21.4 Å². The van der Waals surface area contributed by atoms with Crippen LogP contribution >= 0.6 is 11.8 Å². The van der Waals surface area contributed by atoms with Crippen molar-refractivity contribution in [3.8, 4) is 0 Å². The second kappa shape index (κ2) is 11.0. The standard InChI is InChI=1S/C25H29N3O4S2/c1-5-28(6-2)34(31,32)22-12-14-25(30)27(16-22)17-24(29)26-20-8-10-21(11-9-20)33-23-13-7-18(3)15-19(23)4/h7-16H,5-6,17H2,1-4H3,(H,26,29). The number of rotatable bonds is 9. The summed E-state index contributed by atoms with van der Waals surface area (Å²) in [6.45, 7) is 7.97. The minimum atomic E-state index is -3.73. The van der Waals surface area contributed by atoms with E-state index in [0.29, 0.717) is 18.8 Å². The Labute approximate surface area is 204 Å². The van der Waals surface area contributed by atoms with E-state index in [4.69, 9.17) is 0 Å². The molecule has 0 atom stereocenters. The van der Waals surface area contributed by atoms with E-state index in [1.54, 1.807) is 37.7 Å². The Morgan fingerprint density at radius 2 is 1.68 bits per heavy atom. The van der Waals surface area contributed by atoms with Gasteiger partial charge in [-0.15, -0.1) is 0 Å². The first-order valence-corrected chi connectivity index (χ1v) is 13.3. The number of pyridine rings is 1. The van der Waals surface area contributed by atoms with Crippen LogP contribution in [0.15, 0.2) is 80.3 Å². The van der Waals surface area contributed by atoms with Gasteiger partial charge < -0.3 is 9.88 Å². The molecule has 0 saturated carbocycles. The fraction of sp³-hybridized carbons (Fsp3) is 0.280. The maximum Gasteiger partial charge on any atom is 0.251 e. The van der Waals surface area contributed by atoms with Crippen LogP contribution in [0.3, 0.4) is 0 Å². The molecule has 3 aromatic rings. The van der Waals surface area contributed by atoms with Crippen LogP contribution in [0.5, 0.6) is 0 Å². The largest absolute Gasteiger partial charge is 0.325 e. The first-order chi connectivity index (χ1) is 16.1. The molecule has 1 heterocycles. The van der Waals surface area contributed by atoms with Crippen molar-refractivity contribution in [2.75, 3.05) is 18.4 Å². The van der Waals surface area contributed by atoms with Crippen LogP contribution in [0, 0.1) is 13.8 Å². The summed E-state index contributed by atoms with van der Waals surface area (Å²) in [4.78, 5) is 27.0. The van der Waals surface area contributed by atoms with Crippen LogP contribution in [0.25, 0.3) is 0 Å². The van der Waals surface area contributed by atoms with Crippen molar-refractivity contribution < 1.29 is 13.2 Å². The molecule has 3 rings (SSSR count). The van der Waals surface area contributed by atoms with Crippen molar-refractivity contribution in [2.24, 2.45) is 0 Å². The quantitative estimate of drug-likeness (QED) is 0.475. The van der Waals surface area contributed by atoms with E-state index in [9.17, 15) is 18.0 Å². The molecule has 0 radical (unpaired) electrons. The zero-order valence-electron chi connectivity index (χ0n) is 19.7. The SMILES string of the molecule is CCN(CC)S(=O)(=O)c1ccc(=O)n(CC(=O)Nc2ccc(Sc3ccc(C)cc3C)cc2)c1. The fourth-order valence-electron chi connectivity index (χ4n) is 3.50. The van der Waals surface area contributed by atoms with Gasteiger partial charge in [-0.2, -0.15) is 4.31 Å². The van der Waals surface area contributed by atoms with Gasteiger partial charge in [0.25, 0.3) is 5.56 Å². The summed E-state index contributed by atoms with van der Waals surface area (Å²) in [7, 11) is -3.73. The molecule has 2 aromatic carbocycles. The van der Waals surface area contributed by atoms with Gasteiger partial charge in [-0.25, -0.2) is 8.42 Å². The highest BCUT2D eigenvalue weighted by Crippen LogP contribution is 2.31. The number of carbonyl (C=O) groups excluding carboxylic acids is 1. The summed E-state index contributed by atoms with van der Waals surface area (Å²) in [5, 5.41) is 2.76. The van der Waals surface area contributed by atoms with Gasteiger partial charge in [0.05, 0.1) is 4.90 Å². The number of nitrogens with zero attached hydrogens (tertiary/aromatic N) is 2. The smallest absolute Gasteiger partial charge is 0.251 e. The van der Waals surface area contributed by atoms with Crippen LogP contribution in [-0.4, -0.2) is 36.3 Å². The summed E-state index contributed by atoms with van der Waals surface area (Å²) in [6, 6.07) is 16.2. The van der Waals surface area contributed by atoms with Crippen LogP contribution in [0.4, 0.5) is 5.69 Å². The molecule has 0 spiro atoms. The first kappa shape index (κ1) is 25.7. The van der Waals surface area contributed by atoms with E-state index in [0.717, 1.165) is 9.46 Å². The fourth-order valence-corrected chi connectivity index (χ4v) is 5.86. The number of nitrogens with one attached hydrogen (secondary N) is 1. The molecule has 180 valence electrons. The lowest BCUT2D eigenvalue weighted by molar-refractivity contribution is -0.116. The number of carbonyl (C=O) groups is 1. The number of benzene rings is 2. The predicted octanol–water partition coefficient (Wildman–Crippen LogP) is 4.29. The van der Waals surface area contributed by atoms with Crippen molar-refractivity contribution in [3.05, 3.63) is 82.3 Å². The molecule has 0 aliphatic heterocycles. The van der Waals surface area contributed by atoms with Gasteiger partial charge in [-0.05, 0) is 55.8 Å². The molecule has 0 aliphatic rings. The van der Waals surface area contributed by atoms with E-state index in [-0.39, 0.29) is 11.4 Å². The Balaban J connectivity index is 1.69. The molecule has 0 aliphatic carbocycles. The number of aryl methyl sites for hydroxylation is 2. The minimum absolute atomic E-state index is 0.0172. The number of sulfonamides is 1. The Morgan fingerprint density at radius 1 is 1.00 bits per heavy atom. The minimum Gasteiger partial charge on any atom is -0.325 e. The zero-order chi connectivity index (χ0) is 24.9. The Kier molecular flexibility index (Phi) is 8.35. The first-order valence-electron chi connectivity index (χ1n) is 11.0. The molecule has 0 saturated heterocycles. The van der Waals surface area contributed by atoms with Crippen molar-refractivity contribution in [1.82, 2.24) is 8.87 Å². The highest BCUT2D eigenvalue weighted by atomic mass is 32.2. The van der Waals surface area contributed by atoms with Gasteiger partial charge in [-0.3, -0.25) is 9.59 Å². The predicted molar refractivity (Wildman–Crippen MR) is 136 cm³/mol. The van der Waals surface area contributed by atoms with Gasteiger partial charge in [0.15, 0.2) is 0 Å². The molecule has 7 nitrogen and oxygen atoms in total. The summed E-state index contributed by atoms with van der Waals surface area (Å²) in [6.07, 6.45) is 1.22. The average Bonchev–Trinajstić information content (AvgIpc) is 2.79. The number of aromatic nitrogens is 1.